The van der Waals surface area contributed by atoms with E-state index in [1.165, 1.54) is 12.4 Å². The van der Waals surface area contributed by atoms with Gasteiger partial charge in [0.2, 0.25) is 0 Å². The van der Waals surface area contributed by atoms with Gasteiger partial charge >= 0.3 is 6.18 Å². The van der Waals surface area contributed by atoms with E-state index in [0.29, 0.717) is 11.4 Å². The van der Waals surface area contributed by atoms with E-state index in [4.69, 9.17) is 4.74 Å². The molecule has 0 aliphatic carbocycles. The van der Waals surface area contributed by atoms with Crippen molar-refractivity contribution in [3.8, 4) is 28.3 Å². The first-order valence-electron chi connectivity index (χ1n) is 6.78. The molecule has 23 heavy (non-hydrogen) atoms. The van der Waals surface area contributed by atoms with E-state index in [9.17, 15) is 13.2 Å². The molecule has 1 aromatic heterocycles. The van der Waals surface area contributed by atoms with E-state index in [2.05, 4.69) is 15.2 Å². The summed E-state index contributed by atoms with van der Waals surface area (Å²) in [6.07, 6.45) is -2.99. The standard InChI is InChI=1S/C16H12F3N3O/c17-16(18,19)9-23-14-7-2-1-6-13(14)11-4-3-5-12(8-11)15-20-10-21-22-15/h1-8,10H,9H2,(H,20,21,22). The van der Waals surface area contributed by atoms with Crippen LogP contribution in [0.15, 0.2) is 54.9 Å². The lowest BCUT2D eigenvalue weighted by molar-refractivity contribution is -0.153. The maximum atomic E-state index is 12.4. The van der Waals surface area contributed by atoms with Crippen LogP contribution in [0.5, 0.6) is 5.75 Å². The molecule has 0 aliphatic heterocycles. The van der Waals surface area contributed by atoms with Crippen molar-refractivity contribution in [2.75, 3.05) is 6.61 Å². The lowest BCUT2D eigenvalue weighted by Crippen LogP contribution is -2.19. The van der Waals surface area contributed by atoms with Crippen LogP contribution in [-0.2, 0) is 0 Å². The molecule has 1 heterocycles. The number of rotatable bonds is 4. The monoisotopic (exact) mass is 319 g/mol. The summed E-state index contributed by atoms with van der Waals surface area (Å²) >= 11 is 0. The lowest BCUT2D eigenvalue weighted by atomic mass is 10.0. The highest BCUT2D eigenvalue weighted by molar-refractivity contribution is 5.74. The number of ether oxygens (including phenoxy) is 1. The zero-order valence-corrected chi connectivity index (χ0v) is 11.8. The molecule has 0 radical (unpaired) electrons. The smallest absolute Gasteiger partial charge is 0.422 e. The number of nitrogens with zero attached hydrogens (tertiary/aromatic N) is 2. The largest absolute Gasteiger partial charge is 0.483 e. The van der Waals surface area contributed by atoms with Crippen LogP contribution >= 0.6 is 0 Å². The molecule has 0 saturated carbocycles. The lowest BCUT2D eigenvalue weighted by Gasteiger charge is -2.13. The fourth-order valence-corrected chi connectivity index (χ4v) is 2.17. The summed E-state index contributed by atoms with van der Waals surface area (Å²) in [7, 11) is 0. The Labute approximate surface area is 130 Å². The summed E-state index contributed by atoms with van der Waals surface area (Å²) in [5.74, 6) is 0.764. The van der Waals surface area contributed by atoms with Crippen LogP contribution < -0.4 is 4.74 Å². The van der Waals surface area contributed by atoms with Gasteiger partial charge in [0.05, 0.1) is 0 Å². The molecule has 2 aromatic carbocycles. The zero-order valence-electron chi connectivity index (χ0n) is 11.8. The average molecular weight is 319 g/mol. The van der Waals surface area contributed by atoms with Gasteiger partial charge in [-0.1, -0.05) is 36.4 Å². The molecular weight excluding hydrogens is 307 g/mol. The number of hydrogen-bond acceptors (Lipinski definition) is 3. The molecule has 1 N–H and O–H groups in total. The number of para-hydroxylation sites is 1. The molecule has 118 valence electrons. The Bertz CT molecular complexity index is 785. The van der Waals surface area contributed by atoms with Crippen LogP contribution in [0.3, 0.4) is 0 Å². The summed E-state index contributed by atoms with van der Waals surface area (Å²) in [4.78, 5) is 4.07. The number of aromatic nitrogens is 3. The van der Waals surface area contributed by atoms with Crippen molar-refractivity contribution < 1.29 is 17.9 Å². The first-order chi connectivity index (χ1) is 11.0. The minimum atomic E-state index is -4.38. The van der Waals surface area contributed by atoms with Crippen LogP contribution in [0.1, 0.15) is 0 Å². The molecule has 0 aliphatic rings. The van der Waals surface area contributed by atoms with Crippen LogP contribution in [-0.4, -0.2) is 28.0 Å². The van der Waals surface area contributed by atoms with Crippen LogP contribution in [0.2, 0.25) is 0 Å². The predicted molar refractivity (Wildman–Crippen MR) is 78.8 cm³/mol. The van der Waals surface area contributed by atoms with Gasteiger partial charge in [0.25, 0.3) is 0 Å². The Hall–Kier alpha value is -2.83. The molecule has 0 bridgehead atoms. The van der Waals surface area contributed by atoms with Gasteiger partial charge in [0.15, 0.2) is 12.4 Å². The third kappa shape index (κ3) is 3.68. The minimum absolute atomic E-state index is 0.180. The fraction of sp³-hybridized carbons (Fsp3) is 0.125. The SMILES string of the molecule is FC(F)(F)COc1ccccc1-c1cccc(-c2ncn[nH]2)c1. The van der Waals surface area contributed by atoms with E-state index in [1.54, 1.807) is 30.3 Å². The highest BCUT2D eigenvalue weighted by Gasteiger charge is 2.28. The van der Waals surface area contributed by atoms with Gasteiger partial charge in [-0.2, -0.15) is 18.3 Å². The van der Waals surface area contributed by atoms with Gasteiger partial charge in [-0.25, -0.2) is 4.98 Å². The number of alkyl halides is 3. The van der Waals surface area contributed by atoms with Gasteiger partial charge in [-0.05, 0) is 17.7 Å². The molecule has 3 rings (SSSR count). The average Bonchev–Trinajstić information content (AvgIpc) is 3.07. The normalized spacial score (nSPS) is 11.4. The molecule has 0 atom stereocenters. The maximum absolute atomic E-state index is 12.4. The summed E-state index contributed by atoms with van der Waals surface area (Å²) in [5.41, 5.74) is 2.10. The molecular formula is C16H12F3N3O. The molecule has 3 aromatic rings. The molecule has 4 nitrogen and oxygen atoms in total. The molecule has 7 heteroatoms. The Kier molecular flexibility index (Phi) is 4.01. The summed E-state index contributed by atoms with van der Waals surface area (Å²) in [6.45, 7) is -1.33. The van der Waals surface area contributed by atoms with E-state index in [0.717, 1.165) is 11.1 Å². The second-order valence-corrected chi connectivity index (χ2v) is 4.81. The van der Waals surface area contributed by atoms with E-state index < -0.39 is 12.8 Å². The number of halogens is 3. The zero-order chi connectivity index (χ0) is 16.3. The van der Waals surface area contributed by atoms with Crippen LogP contribution in [0, 0.1) is 0 Å². The van der Waals surface area contributed by atoms with Crippen molar-refractivity contribution in [2.45, 2.75) is 6.18 Å². The van der Waals surface area contributed by atoms with Crippen molar-refractivity contribution in [3.05, 3.63) is 54.9 Å². The highest BCUT2D eigenvalue weighted by Crippen LogP contribution is 2.32. The van der Waals surface area contributed by atoms with Crippen molar-refractivity contribution in [1.82, 2.24) is 15.2 Å². The van der Waals surface area contributed by atoms with E-state index in [-0.39, 0.29) is 5.75 Å². The van der Waals surface area contributed by atoms with Gasteiger partial charge < -0.3 is 4.74 Å². The molecule has 0 amide bonds. The second kappa shape index (κ2) is 6.12. The number of nitrogens with one attached hydrogen (secondary N) is 1. The van der Waals surface area contributed by atoms with Crippen LogP contribution in [0.4, 0.5) is 13.2 Å². The van der Waals surface area contributed by atoms with Crippen LogP contribution in [0.25, 0.3) is 22.5 Å². The van der Waals surface area contributed by atoms with Gasteiger partial charge in [-0.3, -0.25) is 5.10 Å². The quantitative estimate of drug-likeness (QED) is 0.788. The first kappa shape index (κ1) is 15.1. The Balaban J connectivity index is 1.94. The van der Waals surface area contributed by atoms with Gasteiger partial charge in [0.1, 0.15) is 12.1 Å². The van der Waals surface area contributed by atoms with Crippen molar-refractivity contribution in [3.63, 3.8) is 0 Å². The Morgan fingerprint density at radius 3 is 2.52 bits per heavy atom. The summed E-state index contributed by atoms with van der Waals surface area (Å²) < 4.78 is 42.1. The third-order valence-electron chi connectivity index (χ3n) is 3.14. The maximum Gasteiger partial charge on any atom is 0.422 e. The molecule has 0 spiro atoms. The molecule has 0 saturated heterocycles. The number of aromatic amines is 1. The van der Waals surface area contributed by atoms with Crippen molar-refractivity contribution in [1.29, 1.82) is 0 Å². The molecule has 0 fully saturated rings. The van der Waals surface area contributed by atoms with Gasteiger partial charge in [0, 0.05) is 11.1 Å². The topological polar surface area (TPSA) is 50.8 Å². The number of hydrogen-bond donors (Lipinski definition) is 1. The van der Waals surface area contributed by atoms with Crippen molar-refractivity contribution >= 4 is 0 Å². The first-order valence-corrected chi connectivity index (χ1v) is 6.78. The minimum Gasteiger partial charge on any atom is -0.483 e. The highest BCUT2D eigenvalue weighted by atomic mass is 19.4. The van der Waals surface area contributed by atoms with E-state index in [1.807, 2.05) is 12.1 Å². The Morgan fingerprint density at radius 2 is 1.78 bits per heavy atom. The summed E-state index contributed by atoms with van der Waals surface area (Å²) in [5, 5.41) is 6.54. The Morgan fingerprint density at radius 1 is 1.00 bits per heavy atom. The third-order valence-corrected chi connectivity index (χ3v) is 3.14. The summed E-state index contributed by atoms with van der Waals surface area (Å²) in [6, 6.07) is 13.9. The van der Waals surface area contributed by atoms with Crippen molar-refractivity contribution in [2.24, 2.45) is 0 Å². The fourth-order valence-electron chi connectivity index (χ4n) is 2.17. The number of benzene rings is 2. The number of H-pyrrole nitrogens is 1. The van der Waals surface area contributed by atoms with E-state index >= 15 is 0 Å². The second-order valence-electron chi connectivity index (χ2n) is 4.81. The molecule has 0 unspecified atom stereocenters. The van der Waals surface area contributed by atoms with Gasteiger partial charge in [-0.15, -0.1) is 0 Å². The predicted octanol–water partition coefficient (Wildman–Crippen LogP) is 4.08.